The van der Waals surface area contributed by atoms with Gasteiger partial charge in [-0.2, -0.15) is 0 Å². The standard InChI is InChI=1S/C21H28N2O4S/c1-21(2,3)28(25,26)14-17-8-10-23(11-9-17)20(24)12-16-4-6-18(7-5-16)19-13-22-15-27-19/h4-7,13,15,17H,8-12,14H2,1-3H3. The average Bonchev–Trinajstić information content (AvgIpc) is 3.16. The molecule has 1 aliphatic heterocycles. The van der Waals surface area contributed by atoms with E-state index in [1.165, 1.54) is 6.39 Å². The molecule has 152 valence electrons. The third-order valence-electron chi connectivity index (χ3n) is 5.38. The Balaban J connectivity index is 1.51. The number of likely N-dealkylation sites (tertiary alicyclic amines) is 1. The molecule has 3 rings (SSSR count). The number of hydrogen-bond acceptors (Lipinski definition) is 5. The van der Waals surface area contributed by atoms with Crippen molar-refractivity contribution in [1.82, 2.24) is 9.88 Å². The highest BCUT2D eigenvalue weighted by Crippen LogP contribution is 2.25. The van der Waals surface area contributed by atoms with Crippen molar-refractivity contribution in [3.05, 3.63) is 42.4 Å². The number of hydrogen-bond donors (Lipinski definition) is 0. The summed E-state index contributed by atoms with van der Waals surface area (Å²) in [5.74, 6) is 1.13. The smallest absolute Gasteiger partial charge is 0.226 e. The van der Waals surface area contributed by atoms with Gasteiger partial charge < -0.3 is 9.32 Å². The Hall–Kier alpha value is -2.15. The molecule has 0 saturated carbocycles. The lowest BCUT2D eigenvalue weighted by molar-refractivity contribution is -0.131. The number of carbonyl (C=O) groups is 1. The van der Waals surface area contributed by atoms with Gasteiger partial charge in [0.25, 0.3) is 0 Å². The summed E-state index contributed by atoms with van der Waals surface area (Å²) < 4.78 is 29.3. The van der Waals surface area contributed by atoms with Crippen molar-refractivity contribution in [2.75, 3.05) is 18.8 Å². The minimum atomic E-state index is -3.12. The van der Waals surface area contributed by atoms with Gasteiger partial charge in [-0.1, -0.05) is 24.3 Å². The van der Waals surface area contributed by atoms with Crippen LogP contribution in [0.15, 0.2) is 41.3 Å². The van der Waals surface area contributed by atoms with Crippen LogP contribution < -0.4 is 0 Å². The van der Waals surface area contributed by atoms with Crippen LogP contribution in [0, 0.1) is 5.92 Å². The van der Waals surface area contributed by atoms with E-state index in [-0.39, 0.29) is 17.6 Å². The second-order valence-electron chi connectivity index (χ2n) is 8.46. The van der Waals surface area contributed by atoms with Gasteiger partial charge >= 0.3 is 0 Å². The Morgan fingerprint density at radius 2 is 1.82 bits per heavy atom. The lowest BCUT2D eigenvalue weighted by Crippen LogP contribution is -2.42. The molecule has 0 unspecified atom stereocenters. The van der Waals surface area contributed by atoms with Crippen LogP contribution in [0.2, 0.25) is 0 Å². The van der Waals surface area contributed by atoms with Crippen molar-refractivity contribution >= 4 is 15.7 Å². The molecule has 0 radical (unpaired) electrons. The van der Waals surface area contributed by atoms with E-state index in [1.807, 2.05) is 29.2 Å². The number of sulfone groups is 1. The molecular formula is C21H28N2O4S. The third-order valence-corrected chi connectivity index (χ3v) is 8.16. The van der Waals surface area contributed by atoms with Crippen LogP contribution in [0.25, 0.3) is 11.3 Å². The summed E-state index contributed by atoms with van der Waals surface area (Å²) in [4.78, 5) is 18.4. The van der Waals surface area contributed by atoms with Gasteiger partial charge in [-0.15, -0.1) is 0 Å². The Labute approximate surface area is 166 Å². The summed E-state index contributed by atoms with van der Waals surface area (Å²) >= 11 is 0. The summed E-state index contributed by atoms with van der Waals surface area (Å²) in [7, 11) is -3.12. The molecule has 1 amide bonds. The first kappa shape index (κ1) is 20.6. The summed E-state index contributed by atoms with van der Waals surface area (Å²) in [6.07, 6.45) is 4.88. The fourth-order valence-corrected chi connectivity index (χ4v) is 4.79. The van der Waals surface area contributed by atoms with Crippen LogP contribution in [-0.2, 0) is 21.1 Å². The Morgan fingerprint density at radius 1 is 1.18 bits per heavy atom. The molecule has 1 aromatic carbocycles. The number of carbonyl (C=O) groups excluding carboxylic acids is 1. The van der Waals surface area contributed by atoms with Crippen molar-refractivity contribution in [2.24, 2.45) is 5.92 Å². The number of aromatic nitrogens is 1. The zero-order valence-corrected chi connectivity index (χ0v) is 17.5. The minimum absolute atomic E-state index is 0.0875. The van der Waals surface area contributed by atoms with Crippen molar-refractivity contribution in [3.63, 3.8) is 0 Å². The summed E-state index contributed by atoms with van der Waals surface area (Å²) in [5.41, 5.74) is 1.88. The zero-order valence-electron chi connectivity index (χ0n) is 16.7. The molecule has 1 saturated heterocycles. The SMILES string of the molecule is CC(C)(C)S(=O)(=O)CC1CCN(C(=O)Cc2ccc(-c3cnco3)cc2)CC1. The van der Waals surface area contributed by atoms with Crippen molar-refractivity contribution in [1.29, 1.82) is 0 Å². The maximum atomic E-state index is 12.6. The third kappa shape index (κ3) is 4.82. The highest BCUT2D eigenvalue weighted by atomic mass is 32.2. The molecule has 1 fully saturated rings. The van der Waals surface area contributed by atoms with E-state index >= 15 is 0 Å². The van der Waals surface area contributed by atoms with E-state index in [4.69, 9.17) is 4.42 Å². The Kier molecular flexibility index (Phi) is 5.93. The highest BCUT2D eigenvalue weighted by Gasteiger charge is 2.33. The topological polar surface area (TPSA) is 80.5 Å². The first-order valence-corrected chi connectivity index (χ1v) is 11.3. The molecule has 0 N–H and O–H groups in total. The molecule has 7 heteroatoms. The second kappa shape index (κ2) is 8.07. The van der Waals surface area contributed by atoms with Crippen LogP contribution in [0.4, 0.5) is 0 Å². The fraction of sp³-hybridized carbons (Fsp3) is 0.524. The van der Waals surface area contributed by atoms with E-state index in [0.717, 1.165) is 24.0 Å². The van der Waals surface area contributed by atoms with Gasteiger partial charge in [-0.25, -0.2) is 13.4 Å². The number of nitrogens with zero attached hydrogens (tertiary/aromatic N) is 2. The molecule has 0 atom stereocenters. The van der Waals surface area contributed by atoms with E-state index in [9.17, 15) is 13.2 Å². The van der Waals surface area contributed by atoms with Crippen molar-refractivity contribution in [2.45, 2.75) is 44.8 Å². The monoisotopic (exact) mass is 404 g/mol. The zero-order chi connectivity index (χ0) is 20.4. The summed E-state index contributed by atoms with van der Waals surface area (Å²) in [6, 6.07) is 7.70. The first-order valence-electron chi connectivity index (χ1n) is 9.63. The fourth-order valence-electron chi connectivity index (χ4n) is 3.34. The lowest BCUT2D eigenvalue weighted by Gasteiger charge is -2.33. The maximum absolute atomic E-state index is 12.6. The number of piperidine rings is 1. The van der Waals surface area contributed by atoms with Gasteiger partial charge in [0, 0.05) is 18.7 Å². The number of rotatable bonds is 5. The summed E-state index contributed by atoms with van der Waals surface area (Å²) in [6.45, 7) is 6.48. The first-order chi connectivity index (χ1) is 13.2. The maximum Gasteiger partial charge on any atom is 0.226 e. The van der Waals surface area contributed by atoms with Crippen LogP contribution in [0.3, 0.4) is 0 Å². The molecular weight excluding hydrogens is 376 g/mol. The average molecular weight is 405 g/mol. The van der Waals surface area contributed by atoms with Gasteiger partial charge in [0.05, 0.1) is 23.1 Å². The molecule has 0 aliphatic carbocycles. The quantitative estimate of drug-likeness (QED) is 0.763. The van der Waals surface area contributed by atoms with E-state index in [0.29, 0.717) is 25.3 Å². The predicted molar refractivity (Wildman–Crippen MR) is 108 cm³/mol. The largest absolute Gasteiger partial charge is 0.444 e. The van der Waals surface area contributed by atoms with E-state index < -0.39 is 14.6 Å². The van der Waals surface area contributed by atoms with Crippen molar-refractivity contribution in [3.8, 4) is 11.3 Å². The highest BCUT2D eigenvalue weighted by molar-refractivity contribution is 7.92. The normalized spacial score (nSPS) is 16.3. The molecule has 2 aromatic rings. The molecule has 1 aromatic heterocycles. The number of amides is 1. The van der Waals surface area contributed by atoms with Crippen LogP contribution >= 0.6 is 0 Å². The van der Waals surface area contributed by atoms with Gasteiger partial charge in [-0.05, 0) is 45.1 Å². The molecule has 0 spiro atoms. The molecule has 6 nitrogen and oxygen atoms in total. The van der Waals surface area contributed by atoms with Crippen molar-refractivity contribution < 1.29 is 17.6 Å². The Morgan fingerprint density at radius 3 is 2.36 bits per heavy atom. The molecule has 2 heterocycles. The molecule has 1 aliphatic rings. The minimum Gasteiger partial charge on any atom is -0.444 e. The number of benzene rings is 1. The van der Waals surface area contributed by atoms with Gasteiger partial charge in [0.1, 0.15) is 0 Å². The van der Waals surface area contributed by atoms with Gasteiger partial charge in [-0.3, -0.25) is 4.79 Å². The summed E-state index contributed by atoms with van der Waals surface area (Å²) in [5, 5.41) is 0. The van der Waals surface area contributed by atoms with Gasteiger partial charge in [0.2, 0.25) is 5.91 Å². The molecule has 28 heavy (non-hydrogen) atoms. The van der Waals surface area contributed by atoms with Crippen LogP contribution in [-0.4, -0.2) is 47.8 Å². The van der Waals surface area contributed by atoms with E-state index in [2.05, 4.69) is 4.98 Å². The lowest BCUT2D eigenvalue weighted by atomic mass is 9.98. The van der Waals surface area contributed by atoms with Crippen LogP contribution in [0.1, 0.15) is 39.2 Å². The van der Waals surface area contributed by atoms with Gasteiger partial charge in [0.15, 0.2) is 22.0 Å². The Bertz CT molecular complexity index is 889. The second-order valence-corrected chi connectivity index (χ2v) is 11.2. The molecule has 0 bridgehead atoms. The van der Waals surface area contributed by atoms with E-state index in [1.54, 1.807) is 27.0 Å². The predicted octanol–water partition coefficient (Wildman–Crippen LogP) is 3.34. The number of oxazole rings is 1. The van der Waals surface area contributed by atoms with Crippen LogP contribution in [0.5, 0.6) is 0 Å².